The summed E-state index contributed by atoms with van der Waals surface area (Å²) in [5, 5.41) is 2.75. The third-order valence-corrected chi connectivity index (χ3v) is 9.53. The lowest BCUT2D eigenvalue weighted by Crippen LogP contribution is -2.66. The molecule has 2 rings (SSSR count). The fourth-order valence-corrected chi connectivity index (χ4v) is 7.97. The van der Waals surface area contributed by atoms with Crippen LogP contribution in [0.25, 0.3) is 0 Å². The van der Waals surface area contributed by atoms with E-state index < -0.39 is 8.32 Å². The zero-order chi connectivity index (χ0) is 17.6. The highest BCUT2D eigenvalue weighted by atomic mass is 28.4. The molecular formula is C22H30OSi. The molecule has 2 heteroatoms. The second-order valence-corrected chi connectivity index (χ2v) is 11.9. The molecule has 0 N–H and O–H groups in total. The Morgan fingerprint density at radius 3 is 1.75 bits per heavy atom. The first-order valence-electron chi connectivity index (χ1n) is 8.77. The van der Waals surface area contributed by atoms with Gasteiger partial charge in [0, 0.05) is 6.61 Å². The van der Waals surface area contributed by atoms with E-state index in [9.17, 15) is 0 Å². The number of rotatable bonds is 7. The molecule has 0 bridgehead atoms. The van der Waals surface area contributed by atoms with Crippen molar-refractivity contribution in [3.8, 4) is 0 Å². The van der Waals surface area contributed by atoms with Crippen molar-refractivity contribution in [3.05, 3.63) is 72.8 Å². The predicted molar refractivity (Wildman–Crippen MR) is 108 cm³/mol. The molecule has 128 valence electrons. The van der Waals surface area contributed by atoms with Gasteiger partial charge in [0.15, 0.2) is 0 Å². The van der Waals surface area contributed by atoms with E-state index in [1.165, 1.54) is 15.9 Å². The van der Waals surface area contributed by atoms with E-state index >= 15 is 0 Å². The molecule has 0 aliphatic rings. The van der Waals surface area contributed by atoms with Crippen LogP contribution in [-0.4, -0.2) is 14.9 Å². The Morgan fingerprint density at radius 2 is 1.38 bits per heavy atom. The van der Waals surface area contributed by atoms with E-state index in [0.29, 0.717) is 0 Å². The van der Waals surface area contributed by atoms with Crippen LogP contribution < -0.4 is 10.4 Å². The molecule has 0 radical (unpaired) electrons. The van der Waals surface area contributed by atoms with Gasteiger partial charge in [0.1, 0.15) is 0 Å². The van der Waals surface area contributed by atoms with Gasteiger partial charge in [0.05, 0.1) is 0 Å². The van der Waals surface area contributed by atoms with Crippen molar-refractivity contribution in [2.45, 2.75) is 45.6 Å². The van der Waals surface area contributed by atoms with E-state index in [0.717, 1.165) is 19.4 Å². The summed E-state index contributed by atoms with van der Waals surface area (Å²) in [7, 11) is -2.35. The molecule has 2 aromatic rings. The van der Waals surface area contributed by atoms with E-state index in [1.54, 1.807) is 0 Å². The Kier molecular flexibility index (Phi) is 6.19. The van der Waals surface area contributed by atoms with Crippen LogP contribution in [0.15, 0.2) is 72.8 Å². The average molecular weight is 339 g/mol. The van der Waals surface area contributed by atoms with Crippen LogP contribution >= 0.6 is 0 Å². The van der Waals surface area contributed by atoms with Gasteiger partial charge in [0.2, 0.25) is 0 Å². The van der Waals surface area contributed by atoms with Crippen LogP contribution in [-0.2, 0) is 4.43 Å². The zero-order valence-corrected chi connectivity index (χ0v) is 16.5. The number of benzene rings is 2. The summed E-state index contributed by atoms with van der Waals surface area (Å²) in [5.74, 6) is 0. The fourth-order valence-electron chi connectivity index (χ4n) is 3.36. The maximum atomic E-state index is 6.81. The minimum atomic E-state index is -2.35. The van der Waals surface area contributed by atoms with Crippen molar-refractivity contribution in [2.75, 3.05) is 6.61 Å². The van der Waals surface area contributed by atoms with Crippen molar-refractivity contribution >= 4 is 18.7 Å². The van der Waals surface area contributed by atoms with Gasteiger partial charge in [-0.15, -0.1) is 6.58 Å². The van der Waals surface area contributed by atoms with Crippen LogP contribution in [0, 0.1) is 0 Å². The van der Waals surface area contributed by atoms with E-state index in [4.69, 9.17) is 4.43 Å². The minimum Gasteiger partial charge on any atom is -0.407 e. The summed E-state index contributed by atoms with van der Waals surface area (Å²) in [6.07, 6.45) is 2.05. The molecule has 0 saturated carbocycles. The first-order valence-corrected chi connectivity index (χ1v) is 10.7. The minimum absolute atomic E-state index is 0.0545. The van der Waals surface area contributed by atoms with E-state index in [-0.39, 0.29) is 5.04 Å². The van der Waals surface area contributed by atoms with E-state index in [2.05, 4.69) is 94.9 Å². The van der Waals surface area contributed by atoms with Crippen LogP contribution in [0.4, 0.5) is 0 Å². The van der Waals surface area contributed by atoms with Gasteiger partial charge < -0.3 is 4.43 Å². The van der Waals surface area contributed by atoms with Crippen molar-refractivity contribution in [2.24, 2.45) is 0 Å². The molecule has 0 unspecified atom stereocenters. The maximum absolute atomic E-state index is 6.81. The van der Waals surface area contributed by atoms with Gasteiger partial charge in [-0.2, -0.15) is 0 Å². The Hall–Kier alpha value is -1.64. The monoisotopic (exact) mass is 338 g/mol. The molecule has 0 amide bonds. The molecular weight excluding hydrogens is 308 g/mol. The molecule has 0 aromatic heterocycles. The third kappa shape index (κ3) is 4.06. The second kappa shape index (κ2) is 7.95. The fraction of sp³-hybridized carbons (Fsp3) is 0.364. The van der Waals surface area contributed by atoms with E-state index in [1.807, 2.05) is 0 Å². The first kappa shape index (κ1) is 18.7. The number of hydrogen-bond acceptors (Lipinski definition) is 1. The first-order chi connectivity index (χ1) is 11.4. The van der Waals surface area contributed by atoms with Gasteiger partial charge in [-0.05, 0) is 35.2 Å². The highest BCUT2D eigenvalue weighted by molar-refractivity contribution is 6.99. The molecule has 2 aromatic carbocycles. The summed E-state index contributed by atoms with van der Waals surface area (Å²) in [5.41, 5.74) is 1.22. The van der Waals surface area contributed by atoms with Crippen LogP contribution in [0.5, 0.6) is 0 Å². The highest BCUT2D eigenvalue weighted by Gasteiger charge is 2.49. The molecule has 0 aliphatic carbocycles. The van der Waals surface area contributed by atoms with Crippen LogP contribution in [0.1, 0.15) is 40.5 Å². The molecule has 0 heterocycles. The van der Waals surface area contributed by atoms with Crippen molar-refractivity contribution in [1.29, 1.82) is 0 Å². The average Bonchev–Trinajstić information content (AvgIpc) is 2.55. The molecule has 0 atom stereocenters. The molecule has 1 nitrogen and oxygen atoms in total. The molecule has 0 saturated heterocycles. The topological polar surface area (TPSA) is 9.23 Å². The molecule has 0 spiro atoms. The lowest BCUT2D eigenvalue weighted by atomic mass is 10.2. The Bertz CT molecular complexity index is 601. The standard InChI is InChI=1S/C22H30OSi/c1-19(2)13-12-18-23-24(22(3,4)5,20-14-8-6-9-15-20)21-16-10-7-11-17-21/h6-11,14-17H,1,12-13,18H2,2-5H3. The molecule has 0 aliphatic heterocycles. The van der Waals surface area contributed by atoms with Crippen molar-refractivity contribution in [3.63, 3.8) is 0 Å². The quantitative estimate of drug-likeness (QED) is 0.395. The SMILES string of the molecule is C=C(C)CCCO[Si](c1ccccc1)(c1ccccc1)C(C)(C)C. The molecule has 0 fully saturated rings. The van der Waals surface area contributed by atoms with Gasteiger partial charge in [-0.3, -0.25) is 0 Å². The van der Waals surface area contributed by atoms with Gasteiger partial charge in [-0.1, -0.05) is 87.0 Å². The summed E-state index contributed by atoms with van der Waals surface area (Å²) in [6.45, 7) is 13.8. The Labute approximate surface area is 148 Å². The lowest BCUT2D eigenvalue weighted by Gasteiger charge is -2.43. The highest BCUT2D eigenvalue weighted by Crippen LogP contribution is 2.36. The number of allylic oxidation sites excluding steroid dienone is 1. The van der Waals surface area contributed by atoms with Crippen LogP contribution in [0.2, 0.25) is 5.04 Å². The smallest absolute Gasteiger partial charge is 0.261 e. The summed E-state index contributed by atoms with van der Waals surface area (Å²) < 4.78 is 6.81. The lowest BCUT2D eigenvalue weighted by molar-refractivity contribution is 0.292. The van der Waals surface area contributed by atoms with Crippen LogP contribution in [0.3, 0.4) is 0 Å². The maximum Gasteiger partial charge on any atom is 0.261 e. The van der Waals surface area contributed by atoms with Gasteiger partial charge >= 0.3 is 0 Å². The zero-order valence-electron chi connectivity index (χ0n) is 15.5. The normalized spacial score (nSPS) is 12.2. The summed E-state index contributed by atoms with van der Waals surface area (Å²) >= 11 is 0. The van der Waals surface area contributed by atoms with Crippen molar-refractivity contribution in [1.82, 2.24) is 0 Å². The number of hydrogen-bond donors (Lipinski definition) is 0. The summed E-state index contributed by atoms with van der Waals surface area (Å²) in [6, 6.07) is 21.6. The van der Waals surface area contributed by atoms with Crippen molar-refractivity contribution < 1.29 is 4.43 Å². The molecule has 24 heavy (non-hydrogen) atoms. The van der Waals surface area contributed by atoms with Gasteiger partial charge in [0.25, 0.3) is 8.32 Å². The largest absolute Gasteiger partial charge is 0.407 e. The Morgan fingerprint density at radius 1 is 0.917 bits per heavy atom. The second-order valence-electron chi connectivity index (χ2n) is 7.57. The summed E-state index contributed by atoms with van der Waals surface area (Å²) in [4.78, 5) is 0. The van der Waals surface area contributed by atoms with Gasteiger partial charge in [-0.25, -0.2) is 0 Å². The third-order valence-electron chi connectivity index (χ3n) is 4.48. The Balaban J connectivity index is 2.47. The predicted octanol–water partition coefficient (Wildman–Crippen LogP) is 4.92.